The van der Waals surface area contributed by atoms with Gasteiger partial charge in [0.05, 0.1) is 0 Å². The minimum atomic E-state index is -1.05. The van der Waals surface area contributed by atoms with Gasteiger partial charge in [0.1, 0.15) is 23.4 Å². The van der Waals surface area contributed by atoms with Gasteiger partial charge in [-0.05, 0) is 59.4 Å². The zero-order chi connectivity index (χ0) is 26.9. The van der Waals surface area contributed by atoms with E-state index in [9.17, 15) is 19.5 Å². The van der Waals surface area contributed by atoms with Crippen molar-refractivity contribution >= 4 is 17.9 Å². The first-order valence-corrected chi connectivity index (χ1v) is 12.6. The molecule has 0 heterocycles. The van der Waals surface area contributed by atoms with Gasteiger partial charge in [-0.25, -0.2) is 4.79 Å². The molecular weight excluding hydrogens is 446 g/mol. The van der Waals surface area contributed by atoms with Crippen molar-refractivity contribution in [2.24, 2.45) is 5.92 Å². The van der Waals surface area contributed by atoms with E-state index in [1.807, 2.05) is 27.7 Å². The summed E-state index contributed by atoms with van der Waals surface area (Å²) in [5, 5.41) is 16.5. The third-order valence-electron chi connectivity index (χ3n) is 5.45. The number of rotatable bonds is 11. The number of hydrogen-bond donors (Lipinski definition) is 3. The largest absolute Gasteiger partial charge is 0.507 e. The number of aromatic hydroxyl groups is 1. The molecule has 0 aromatic heterocycles. The van der Waals surface area contributed by atoms with E-state index in [0.29, 0.717) is 24.1 Å². The van der Waals surface area contributed by atoms with E-state index in [1.165, 1.54) is 4.90 Å². The van der Waals surface area contributed by atoms with E-state index < -0.39 is 29.7 Å². The third-order valence-corrected chi connectivity index (χ3v) is 5.45. The molecular formula is C27H45N3O5. The monoisotopic (exact) mass is 491 g/mol. The summed E-state index contributed by atoms with van der Waals surface area (Å²) in [5.74, 6) is -1.06. The van der Waals surface area contributed by atoms with Crippen LogP contribution in [0.3, 0.4) is 0 Å². The van der Waals surface area contributed by atoms with Crippen LogP contribution >= 0.6 is 0 Å². The summed E-state index contributed by atoms with van der Waals surface area (Å²) in [5.41, 5.74) is 0.244. The minimum Gasteiger partial charge on any atom is -0.507 e. The van der Waals surface area contributed by atoms with Crippen LogP contribution in [0.1, 0.15) is 91.8 Å². The smallest absolute Gasteiger partial charge is 0.408 e. The molecule has 2 unspecified atom stereocenters. The number of nitrogens with zero attached hydrogens (tertiary/aromatic N) is 1. The van der Waals surface area contributed by atoms with Crippen LogP contribution in [0.25, 0.3) is 0 Å². The zero-order valence-corrected chi connectivity index (χ0v) is 22.9. The third kappa shape index (κ3) is 9.42. The Balaban J connectivity index is 3.53. The van der Waals surface area contributed by atoms with Gasteiger partial charge < -0.3 is 25.4 Å². The lowest BCUT2D eigenvalue weighted by atomic mass is 9.96. The Morgan fingerprint density at radius 3 is 2.20 bits per heavy atom. The molecule has 0 aliphatic carbocycles. The maximum atomic E-state index is 14.0. The summed E-state index contributed by atoms with van der Waals surface area (Å²) in [7, 11) is 0. The number of unbranched alkanes of at least 4 members (excludes halogenated alkanes) is 2. The number of phenols is 1. The second-order valence-corrected chi connectivity index (χ2v) is 10.7. The van der Waals surface area contributed by atoms with Gasteiger partial charge in [-0.1, -0.05) is 51.8 Å². The van der Waals surface area contributed by atoms with Crippen LogP contribution in [0.4, 0.5) is 4.79 Å². The highest BCUT2D eigenvalue weighted by Gasteiger charge is 2.38. The van der Waals surface area contributed by atoms with Crippen molar-refractivity contribution in [2.75, 3.05) is 6.54 Å². The fourth-order valence-corrected chi connectivity index (χ4v) is 3.74. The normalized spacial score (nSPS) is 13.3. The number of carbonyl (C=O) groups excluding carboxylic acids is 3. The first-order chi connectivity index (χ1) is 16.2. The lowest BCUT2D eigenvalue weighted by Gasteiger charge is -2.36. The summed E-state index contributed by atoms with van der Waals surface area (Å²) in [6.45, 7) is 16.7. The fraction of sp³-hybridized carbons (Fsp3) is 0.667. The second kappa shape index (κ2) is 13.4. The standard InChI is InChI=1S/C27H45N3O5/c1-10-11-12-16-30(25(33)21(17(2)3)29-26(34)35-27(7,8)9)22(24(32)28-18(4)5)20-15-13-14-19(6)23(20)31/h13-15,17-18,21-22,31H,10-12,16H2,1-9H3,(H,28,32)(H,29,34). The van der Waals surface area contributed by atoms with Crippen LogP contribution < -0.4 is 10.6 Å². The molecule has 0 radical (unpaired) electrons. The number of aryl methyl sites for hydroxylation is 1. The van der Waals surface area contributed by atoms with Gasteiger partial charge in [0, 0.05) is 18.2 Å². The Labute approximate surface area is 210 Å². The van der Waals surface area contributed by atoms with Crippen molar-refractivity contribution in [3.63, 3.8) is 0 Å². The number of alkyl carbamates (subject to hydrolysis) is 1. The Morgan fingerprint density at radius 2 is 1.69 bits per heavy atom. The van der Waals surface area contributed by atoms with E-state index in [1.54, 1.807) is 45.9 Å². The van der Waals surface area contributed by atoms with Gasteiger partial charge in [0.25, 0.3) is 0 Å². The SMILES string of the molecule is CCCCCN(C(=O)C(NC(=O)OC(C)(C)C)C(C)C)C(C(=O)NC(C)C)c1cccc(C)c1O. The van der Waals surface area contributed by atoms with Crippen molar-refractivity contribution < 1.29 is 24.2 Å². The van der Waals surface area contributed by atoms with E-state index in [0.717, 1.165) is 12.8 Å². The molecule has 0 spiro atoms. The summed E-state index contributed by atoms with van der Waals surface area (Å²) < 4.78 is 5.39. The highest BCUT2D eigenvalue weighted by molar-refractivity contribution is 5.92. The minimum absolute atomic E-state index is 0.0223. The van der Waals surface area contributed by atoms with Gasteiger partial charge in [-0.3, -0.25) is 9.59 Å². The van der Waals surface area contributed by atoms with Gasteiger partial charge in [-0.15, -0.1) is 0 Å². The number of amides is 3. The van der Waals surface area contributed by atoms with E-state index in [-0.39, 0.29) is 23.6 Å². The molecule has 3 amide bonds. The Hall–Kier alpha value is -2.77. The van der Waals surface area contributed by atoms with Crippen LogP contribution in [0.2, 0.25) is 0 Å². The van der Waals surface area contributed by atoms with Crippen molar-refractivity contribution in [3.8, 4) is 5.75 Å². The summed E-state index contributed by atoms with van der Waals surface area (Å²) >= 11 is 0. The van der Waals surface area contributed by atoms with Crippen LogP contribution in [-0.4, -0.2) is 52.1 Å². The Morgan fingerprint density at radius 1 is 1.06 bits per heavy atom. The number of nitrogens with one attached hydrogen (secondary N) is 2. The Bertz CT molecular complexity index is 861. The van der Waals surface area contributed by atoms with Crippen molar-refractivity contribution in [2.45, 2.75) is 105 Å². The molecule has 1 aromatic carbocycles. The van der Waals surface area contributed by atoms with Crippen LogP contribution in [-0.2, 0) is 14.3 Å². The lowest BCUT2D eigenvalue weighted by Crippen LogP contribution is -2.55. The highest BCUT2D eigenvalue weighted by Crippen LogP contribution is 2.33. The van der Waals surface area contributed by atoms with Crippen LogP contribution in [0.5, 0.6) is 5.75 Å². The first-order valence-electron chi connectivity index (χ1n) is 12.6. The second-order valence-electron chi connectivity index (χ2n) is 10.7. The van der Waals surface area contributed by atoms with Crippen LogP contribution in [0, 0.1) is 12.8 Å². The topological polar surface area (TPSA) is 108 Å². The van der Waals surface area contributed by atoms with Crippen molar-refractivity contribution in [1.29, 1.82) is 0 Å². The van der Waals surface area contributed by atoms with E-state index in [2.05, 4.69) is 17.6 Å². The average molecular weight is 492 g/mol. The van der Waals surface area contributed by atoms with Crippen LogP contribution in [0.15, 0.2) is 18.2 Å². The predicted octanol–water partition coefficient (Wildman–Crippen LogP) is 4.83. The number of phenolic OH excluding ortho intramolecular Hbond substituents is 1. The molecule has 8 heteroatoms. The van der Waals surface area contributed by atoms with Gasteiger partial charge in [-0.2, -0.15) is 0 Å². The Kier molecular flexibility index (Phi) is 11.5. The quantitative estimate of drug-likeness (QED) is 0.384. The predicted molar refractivity (Wildman–Crippen MR) is 138 cm³/mol. The summed E-state index contributed by atoms with van der Waals surface area (Å²) in [6, 6.07) is 3.05. The number of carbonyl (C=O) groups is 3. The molecule has 0 fully saturated rings. The maximum Gasteiger partial charge on any atom is 0.408 e. The zero-order valence-electron chi connectivity index (χ0n) is 22.9. The number of para-hydroxylation sites is 1. The van der Waals surface area contributed by atoms with Gasteiger partial charge in [0.15, 0.2) is 0 Å². The molecule has 1 aromatic rings. The highest BCUT2D eigenvalue weighted by atomic mass is 16.6. The van der Waals surface area contributed by atoms with Crippen molar-refractivity contribution in [3.05, 3.63) is 29.3 Å². The molecule has 0 aliphatic heterocycles. The molecule has 0 bridgehead atoms. The molecule has 0 saturated heterocycles. The molecule has 1 rings (SSSR count). The first kappa shape index (κ1) is 30.3. The molecule has 198 valence electrons. The molecule has 35 heavy (non-hydrogen) atoms. The van der Waals surface area contributed by atoms with Crippen molar-refractivity contribution in [1.82, 2.24) is 15.5 Å². The molecule has 3 N–H and O–H groups in total. The maximum absolute atomic E-state index is 14.0. The lowest BCUT2D eigenvalue weighted by molar-refractivity contribution is -0.143. The molecule has 2 atom stereocenters. The summed E-state index contributed by atoms with van der Waals surface area (Å²) in [6.07, 6.45) is 1.79. The number of hydrogen-bond acceptors (Lipinski definition) is 5. The average Bonchev–Trinajstić information content (AvgIpc) is 2.71. The molecule has 0 saturated carbocycles. The van der Waals surface area contributed by atoms with Gasteiger partial charge in [0.2, 0.25) is 11.8 Å². The number of benzene rings is 1. The molecule has 0 aliphatic rings. The summed E-state index contributed by atoms with van der Waals surface area (Å²) in [4.78, 5) is 41.5. The van der Waals surface area contributed by atoms with Gasteiger partial charge >= 0.3 is 6.09 Å². The number of ether oxygens (including phenoxy) is 1. The molecule has 8 nitrogen and oxygen atoms in total. The van der Waals surface area contributed by atoms with E-state index >= 15 is 0 Å². The van der Waals surface area contributed by atoms with E-state index in [4.69, 9.17) is 4.74 Å². The fourth-order valence-electron chi connectivity index (χ4n) is 3.74.